The van der Waals surface area contributed by atoms with Crippen LogP contribution >= 0.6 is 11.6 Å². The molecule has 1 N–H and O–H groups in total. The molecule has 3 aliphatic rings. The molecule has 6 rings (SSSR count). The maximum Gasteiger partial charge on any atom is 0.280 e. The lowest BCUT2D eigenvalue weighted by Crippen LogP contribution is -2.47. The van der Waals surface area contributed by atoms with Gasteiger partial charge in [-0.25, -0.2) is 18.7 Å². The van der Waals surface area contributed by atoms with E-state index in [1.54, 1.807) is 0 Å². The van der Waals surface area contributed by atoms with Crippen LogP contribution in [0.1, 0.15) is 56.5 Å². The fourth-order valence-electron chi connectivity index (χ4n) is 6.11. The third kappa shape index (κ3) is 6.04. The summed E-state index contributed by atoms with van der Waals surface area (Å²) in [7, 11) is 0. The molecule has 3 atom stereocenters. The van der Waals surface area contributed by atoms with Gasteiger partial charge in [-0.2, -0.15) is 5.10 Å². The van der Waals surface area contributed by atoms with Crippen molar-refractivity contribution in [2.24, 2.45) is 5.92 Å². The summed E-state index contributed by atoms with van der Waals surface area (Å²) in [5.74, 6) is 1.38. The summed E-state index contributed by atoms with van der Waals surface area (Å²) in [6.45, 7) is 10.6. The van der Waals surface area contributed by atoms with Crippen molar-refractivity contribution in [1.82, 2.24) is 24.6 Å². The smallest absolute Gasteiger partial charge is 0.280 e. The van der Waals surface area contributed by atoms with Gasteiger partial charge in [0.1, 0.15) is 11.8 Å². The van der Waals surface area contributed by atoms with Gasteiger partial charge >= 0.3 is 0 Å². The minimum atomic E-state index is -2.73. The van der Waals surface area contributed by atoms with Gasteiger partial charge < -0.3 is 19.6 Å². The van der Waals surface area contributed by atoms with Crippen LogP contribution in [0.2, 0.25) is 5.02 Å². The van der Waals surface area contributed by atoms with Crippen LogP contribution in [-0.2, 0) is 4.74 Å². The van der Waals surface area contributed by atoms with E-state index in [4.69, 9.17) is 26.3 Å². The van der Waals surface area contributed by atoms with E-state index in [0.717, 1.165) is 68.5 Å². The summed E-state index contributed by atoms with van der Waals surface area (Å²) >= 11 is 6.45. The van der Waals surface area contributed by atoms with E-state index in [1.165, 1.54) is 10.9 Å². The van der Waals surface area contributed by atoms with Crippen molar-refractivity contribution >= 4 is 23.2 Å². The highest BCUT2D eigenvalue weighted by Gasteiger charge is 2.44. The Morgan fingerprint density at radius 1 is 1.05 bits per heavy atom. The standard InChI is InChI=1S/C29H36ClF2N7O2/c1-18(2)16-36-8-10-37(11-9-36)29-33-13-19(14-34-29)22-6-5-20(30)12-24(22)38-7-3-4-21(17-38)39-25(27(31)32)23(15-35-39)26-28(40)41-26/h5-6,12-15,18,21,26-28,40H,3-4,7-11,16-17H2,1-2H3. The average molecular weight is 588 g/mol. The molecule has 1 aromatic carbocycles. The molecule has 3 saturated heterocycles. The third-order valence-electron chi connectivity index (χ3n) is 8.12. The molecule has 0 spiro atoms. The summed E-state index contributed by atoms with van der Waals surface area (Å²) < 4.78 is 34.8. The van der Waals surface area contributed by atoms with Gasteiger partial charge in [-0.1, -0.05) is 31.5 Å². The first kappa shape index (κ1) is 28.3. The molecular formula is C29H36ClF2N7O2. The molecule has 0 aliphatic carbocycles. The van der Waals surface area contributed by atoms with E-state index < -0.39 is 18.8 Å². The van der Waals surface area contributed by atoms with Gasteiger partial charge in [0.05, 0.1) is 12.2 Å². The second kappa shape index (κ2) is 11.8. The van der Waals surface area contributed by atoms with Crippen LogP contribution < -0.4 is 9.80 Å². The normalized spacial score (nSPS) is 23.6. The summed E-state index contributed by atoms with van der Waals surface area (Å²) in [6.07, 6.45) is 2.10. The third-order valence-corrected chi connectivity index (χ3v) is 8.35. The molecule has 0 radical (unpaired) electrons. The predicted molar refractivity (Wildman–Crippen MR) is 153 cm³/mol. The zero-order valence-corrected chi connectivity index (χ0v) is 24.1. The average Bonchev–Trinajstić information content (AvgIpc) is 3.52. The van der Waals surface area contributed by atoms with Gasteiger partial charge in [-0.15, -0.1) is 0 Å². The number of ether oxygens (including phenoxy) is 1. The summed E-state index contributed by atoms with van der Waals surface area (Å²) in [5, 5.41) is 14.6. The van der Waals surface area contributed by atoms with E-state index in [2.05, 4.69) is 33.6 Å². The van der Waals surface area contributed by atoms with Crippen LogP contribution in [0.25, 0.3) is 11.1 Å². The predicted octanol–water partition coefficient (Wildman–Crippen LogP) is 4.94. The monoisotopic (exact) mass is 587 g/mol. The molecule has 3 unspecified atom stereocenters. The maximum absolute atomic E-state index is 14.1. The van der Waals surface area contributed by atoms with Crippen LogP contribution in [0.15, 0.2) is 36.8 Å². The Morgan fingerprint density at radius 3 is 2.44 bits per heavy atom. The summed E-state index contributed by atoms with van der Waals surface area (Å²) in [4.78, 5) is 16.3. The lowest BCUT2D eigenvalue weighted by Gasteiger charge is -2.36. The highest BCUT2D eigenvalue weighted by Crippen LogP contribution is 2.43. The quantitative estimate of drug-likeness (QED) is 0.371. The Labute approximate surface area is 243 Å². The van der Waals surface area contributed by atoms with Crippen molar-refractivity contribution in [2.45, 2.75) is 51.6 Å². The van der Waals surface area contributed by atoms with E-state index in [-0.39, 0.29) is 17.3 Å². The SMILES string of the molecule is CC(C)CN1CCN(c2ncc(-c3ccc(Cl)cc3N3CCCC(n4ncc(C5OC5O)c4C(F)F)C3)cn2)CC1. The lowest BCUT2D eigenvalue weighted by molar-refractivity contribution is 0.132. The van der Waals surface area contributed by atoms with E-state index in [9.17, 15) is 13.9 Å². The number of aliphatic hydroxyl groups is 1. The summed E-state index contributed by atoms with van der Waals surface area (Å²) in [5.41, 5.74) is 2.79. The Balaban J connectivity index is 1.21. The Hall–Kier alpha value is -2.86. The Kier molecular flexibility index (Phi) is 8.13. The first-order valence-electron chi connectivity index (χ1n) is 14.3. The largest absolute Gasteiger partial charge is 0.369 e. The first-order chi connectivity index (χ1) is 19.8. The number of hydrogen-bond donors (Lipinski definition) is 1. The Bertz CT molecular complexity index is 1350. The van der Waals surface area contributed by atoms with Gasteiger partial charge in [0, 0.05) is 85.6 Å². The molecule has 220 valence electrons. The number of hydrogen-bond acceptors (Lipinski definition) is 8. The van der Waals surface area contributed by atoms with Crippen molar-refractivity contribution in [1.29, 1.82) is 0 Å². The molecule has 2 aromatic heterocycles. The van der Waals surface area contributed by atoms with Gasteiger partial charge in [-0.05, 0) is 30.9 Å². The number of anilines is 2. The molecule has 12 heteroatoms. The molecule has 0 amide bonds. The Morgan fingerprint density at radius 2 is 1.78 bits per heavy atom. The van der Waals surface area contributed by atoms with Crippen LogP contribution in [0.3, 0.4) is 0 Å². The fraction of sp³-hybridized carbons (Fsp3) is 0.552. The van der Waals surface area contributed by atoms with Crippen LogP contribution in [0.4, 0.5) is 20.4 Å². The number of halogens is 3. The first-order valence-corrected chi connectivity index (χ1v) is 14.7. The number of piperidine rings is 1. The number of aromatic nitrogens is 4. The number of rotatable bonds is 8. The molecule has 5 heterocycles. The maximum atomic E-state index is 14.1. The number of aliphatic hydroxyl groups excluding tert-OH is 1. The molecule has 0 bridgehead atoms. The molecule has 0 saturated carbocycles. The molecule has 3 aromatic rings. The van der Waals surface area contributed by atoms with Gasteiger partial charge in [-0.3, -0.25) is 9.58 Å². The molecule has 9 nitrogen and oxygen atoms in total. The van der Waals surface area contributed by atoms with Gasteiger partial charge in [0.15, 0.2) is 6.29 Å². The van der Waals surface area contributed by atoms with Crippen molar-refractivity contribution in [2.75, 3.05) is 55.6 Å². The van der Waals surface area contributed by atoms with Crippen molar-refractivity contribution in [3.05, 3.63) is 53.1 Å². The molecule has 3 fully saturated rings. The lowest BCUT2D eigenvalue weighted by atomic mass is 10.0. The topological polar surface area (TPSA) is 86.1 Å². The number of alkyl halides is 2. The second-order valence-corrected chi connectivity index (χ2v) is 12.0. The van der Waals surface area contributed by atoms with E-state index in [0.29, 0.717) is 23.9 Å². The van der Waals surface area contributed by atoms with Crippen molar-refractivity contribution in [3.8, 4) is 11.1 Å². The van der Waals surface area contributed by atoms with E-state index in [1.807, 2.05) is 30.6 Å². The van der Waals surface area contributed by atoms with Crippen molar-refractivity contribution < 1.29 is 18.6 Å². The van der Waals surface area contributed by atoms with Crippen LogP contribution in [0.5, 0.6) is 0 Å². The van der Waals surface area contributed by atoms with Crippen LogP contribution in [0, 0.1) is 5.92 Å². The number of benzene rings is 1. The van der Waals surface area contributed by atoms with E-state index >= 15 is 0 Å². The molecular weight excluding hydrogens is 552 g/mol. The number of nitrogens with zero attached hydrogens (tertiary/aromatic N) is 7. The zero-order valence-electron chi connectivity index (χ0n) is 23.3. The summed E-state index contributed by atoms with van der Waals surface area (Å²) in [6, 6.07) is 5.46. The molecule has 41 heavy (non-hydrogen) atoms. The minimum Gasteiger partial charge on any atom is -0.369 e. The van der Waals surface area contributed by atoms with Crippen molar-refractivity contribution in [3.63, 3.8) is 0 Å². The van der Waals surface area contributed by atoms with Gasteiger partial charge in [0.2, 0.25) is 5.95 Å². The minimum absolute atomic E-state index is 0.182. The zero-order chi connectivity index (χ0) is 28.7. The van der Waals surface area contributed by atoms with Gasteiger partial charge in [0.25, 0.3) is 6.43 Å². The second-order valence-electron chi connectivity index (χ2n) is 11.5. The van der Waals surface area contributed by atoms with Crippen LogP contribution in [-0.4, -0.2) is 81.9 Å². The number of epoxide rings is 1. The number of piperazine rings is 1. The molecule has 3 aliphatic heterocycles. The highest BCUT2D eigenvalue weighted by molar-refractivity contribution is 6.31. The fourth-order valence-corrected chi connectivity index (χ4v) is 6.27. The highest BCUT2D eigenvalue weighted by atomic mass is 35.5.